The van der Waals surface area contributed by atoms with Crippen LogP contribution in [-0.4, -0.2) is 6.04 Å². The summed E-state index contributed by atoms with van der Waals surface area (Å²) in [5.41, 5.74) is 5.74. The summed E-state index contributed by atoms with van der Waals surface area (Å²) in [7, 11) is 0. The van der Waals surface area contributed by atoms with Crippen LogP contribution in [0.5, 0.6) is 0 Å². The molecular weight excluding hydrogens is 136 g/mol. The average Bonchev–Trinajstić information content (AvgIpc) is 2.81. The van der Waals surface area contributed by atoms with Gasteiger partial charge in [0.1, 0.15) is 0 Å². The monoisotopic (exact) mass is 150 g/mol. The SMILES string of the molecule is N#C[C@@H](N)C(C1CC1)C1CC1. The molecule has 2 rings (SSSR count). The highest BCUT2D eigenvalue weighted by Crippen LogP contribution is 2.50. The molecule has 2 N–H and O–H groups in total. The number of hydrogen-bond donors (Lipinski definition) is 1. The van der Waals surface area contributed by atoms with Gasteiger partial charge in [-0.25, -0.2) is 0 Å². The second-order valence-corrected chi connectivity index (χ2v) is 3.91. The van der Waals surface area contributed by atoms with Crippen LogP contribution in [0.4, 0.5) is 0 Å². The molecule has 0 saturated heterocycles. The van der Waals surface area contributed by atoms with Gasteiger partial charge in [-0.3, -0.25) is 0 Å². The zero-order valence-corrected chi connectivity index (χ0v) is 6.66. The molecule has 0 aromatic heterocycles. The lowest BCUT2D eigenvalue weighted by molar-refractivity contribution is 0.373. The molecule has 0 unspecified atom stereocenters. The van der Waals surface area contributed by atoms with Crippen LogP contribution in [0.3, 0.4) is 0 Å². The second kappa shape index (κ2) is 2.49. The zero-order valence-electron chi connectivity index (χ0n) is 6.66. The predicted molar refractivity (Wildman–Crippen MR) is 42.5 cm³/mol. The van der Waals surface area contributed by atoms with Crippen molar-refractivity contribution in [1.29, 1.82) is 5.26 Å². The Hall–Kier alpha value is -0.550. The van der Waals surface area contributed by atoms with E-state index in [1.165, 1.54) is 25.7 Å². The molecule has 0 aromatic rings. The van der Waals surface area contributed by atoms with Crippen molar-refractivity contribution in [3.63, 3.8) is 0 Å². The van der Waals surface area contributed by atoms with Crippen molar-refractivity contribution < 1.29 is 0 Å². The fourth-order valence-corrected chi connectivity index (χ4v) is 2.02. The molecule has 0 aromatic carbocycles. The summed E-state index contributed by atoms with van der Waals surface area (Å²) in [6.07, 6.45) is 5.26. The smallest absolute Gasteiger partial charge is 0.0961 e. The molecule has 0 heterocycles. The summed E-state index contributed by atoms with van der Waals surface area (Å²) < 4.78 is 0. The lowest BCUT2D eigenvalue weighted by atomic mass is 9.91. The zero-order chi connectivity index (χ0) is 7.84. The topological polar surface area (TPSA) is 49.8 Å². The Balaban J connectivity index is 1.97. The summed E-state index contributed by atoms with van der Waals surface area (Å²) >= 11 is 0. The highest BCUT2D eigenvalue weighted by molar-refractivity contribution is 5.03. The van der Waals surface area contributed by atoms with E-state index in [0.717, 1.165) is 11.8 Å². The van der Waals surface area contributed by atoms with Crippen LogP contribution in [0.25, 0.3) is 0 Å². The quantitative estimate of drug-likeness (QED) is 0.658. The van der Waals surface area contributed by atoms with E-state index in [9.17, 15) is 0 Å². The molecule has 60 valence electrons. The summed E-state index contributed by atoms with van der Waals surface area (Å²) in [5.74, 6) is 2.15. The molecular formula is C9H14N2. The minimum Gasteiger partial charge on any atom is -0.316 e. The number of nitrogens with zero attached hydrogens (tertiary/aromatic N) is 1. The fourth-order valence-electron chi connectivity index (χ4n) is 2.02. The molecule has 2 nitrogen and oxygen atoms in total. The van der Waals surface area contributed by atoms with E-state index < -0.39 is 0 Å². The molecule has 2 aliphatic rings. The van der Waals surface area contributed by atoms with Gasteiger partial charge in [0.2, 0.25) is 0 Å². The molecule has 2 fully saturated rings. The predicted octanol–water partition coefficient (Wildman–Crippen LogP) is 1.27. The third kappa shape index (κ3) is 1.39. The maximum absolute atomic E-state index is 8.68. The van der Waals surface area contributed by atoms with Gasteiger partial charge in [-0.2, -0.15) is 5.26 Å². The van der Waals surface area contributed by atoms with E-state index in [0.29, 0.717) is 5.92 Å². The van der Waals surface area contributed by atoms with E-state index in [1.54, 1.807) is 0 Å². The summed E-state index contributed by atoms with van der Waals surface area (Å²) in [5, 5.41) is 8.68. The maximum Gasteiger partial charge on any atom is 0.0961 e. The Morgan fingerprint density at radius 2 is 1.64 bits per heavy atom. The second-order valence-electron chi connectivity index (χ2n) is 3.91. The molecule has 2 saturated carbocycles. The van der Waals surface area contributed by atoms with Crippen molar-refractivity contribution in [3.8, 4) is 6.07 Å². The lowest BCUT2D eigenvalue weighted by Crippen LogP contribution is -2.31. The first-order valence-corrected chi connectivity index (χ1v) is 4.48. The van der Waals surface area contributed by atoms with Gasteiger partial charge in [-0.15, -0.1) is 0 Å². The molecule has 0 bridgehead atoms. The minimum atomic E-state index is -0.185. The molecule has 1 atom stereocenters. The Morgan fingerprint density at radius 3 is 1.91 bits per heavy atom. The van der Waals surface area contributed by atoms with Crippen LogP contribution in [-0.2, 0) is 0 Å². The van der Waals surface area contributed by atoms with E-state index in [2.05, 4.69) is 6.07 Å². The van der Waals surface area contributed by atoms with Gasteiger partial charge < -0.3 is 5.73 Å². The fraction of sp³-hybridized carbons (Fsp3) is 0.889. The van der Waals surface area contributed by atoms with Gasteiger partial charge in [-0.05, 0) is 43.4 Å². The Bertz CT molecular complexity index is 174. The number of rotatable bonds is 3. The molecule has 0 amide bonds. The molecule has 2 aliphatic carbocycles. The molecule has 2 heteroatoms. The summed E-state index contributed by atoms with van der Waals surface area (Å²) in [4.78, 5) is 0. The summed E-state index contributed by atoms with van der Waals surface area (Å²) in [6.45, 7) is 0. The molecule has 0 radical (unpaired) electrons. The largest absolute Gasteiger partial charge is 0.316 e. The van der Waals surface area contributed by atoms with Crippen LogP contribution < -0.4 is 5.73 Å². The van der Waals surface area contributed by atoms with Crippen LogP contribution in [0.2, 0.25) is 0 Å². The van der Waals surface area contributed by atoms with Gasteiger partial charge in [0.15, 0.2) is 0 Å². The van der Waals surface area contributed by atoms with Crippen LogP contribution in [0.15, 0.2) is 0 Å². The number of nitriles is 1. The van der Waals surface area contributed by atoms with Gasteiger partial charge >= 0.3 is 0 Å². The van der Waals surface area contributed by atoms with Crippen molar-refractivity contribution in [2.45, 2.75) is 31.7 Å². The molecule has 11 heavy (non-hydrogen) atoms. The van der Waals surface area contributed by atoms with Crippen molar-refractivity contribution in [3.05, 3.63) is 0 Å². The summed E-state index contributed by atoms with van der Waals surface area (Å²) in [6, 6.07) is 2.00. The van der Waals surface area contributed by atoms with Crippen molar-refractivity contribution in [2.75, 3.05) is 0 Å². The van der Waals surface area contributed by atoms with Crippen molar-refractivity contribution in [2.24, 2.45) is 23.5 Å². The highest BCUT2D eigenvalue weighted by atomic mass is 14.7. The first-order valence-electron chi connectivity index (χ1n) is 4.48. The standard InChI is InChI=1S/C9H14N2/c10-5-8(11)9(6-1-2-6)7-3-4-7/h6-9H,1-4,11H2/t8-/m1/s1. The lowest BCUT2D eigenvalue weighted by Gasteiger charge is -2.16. The number of hydrogen-bond acceptors (Lipinski definition) is 2. The Morgan fingerprint density at radius 1 is 1.18 bits per heavy atom. The van der Waals surface area contributed by atoms with Gasteiger partial charge in [0, 0.05) is 0 Å². The third-order valence-electron chi connectivity index (χ3n) is 2.90. The van der Waals surface area contributed by atoms with Gasteiger partial charge in [-0.1, -0.05) is 0 Å². The number of nitrogens with two attached hydrogens (primary N) is 1. The average molecular weight is 150 g/mol. The van der Waals surface area contributed by atoms with Crippen molar-refractivity contribution >= 4 is 0 Å². The first-order chi connectivity index (χ1) is 5.33. The van der Waals surface area contributed by atoms with E-state index >= 15 is 0 Å². The highest BCUT2D eigenvalue weighted by Gasteiger charge is 2.44. The normalized spacial score (nSPS) is 26.6. The molecule has 0 spiro atoms. The van der Waals surface area contributed by atoms with Gasteiger partial charge in [0.05, 0.1) is 12.1 Å². The Kier molecular flexibility index (Phi) is 1.61. The van der Waals surface area contributed by atoms with Crippen LogP contribution in [0, 0.1) is 29.1 Å². The third-order valence-corrected chi connectivity index (χ3v) is 2.90. The maximum atomic E-state index is 8.68. The molecule has 0 aliphatic heterocycles. The minimum absolute atomic E-state index is 0.185. The van der Waals surface area contributed by atoms with Crippen molar-refractivity contribution in [1.82, 2.24) is 0 Å². The van der Waals surface area contributed by atoms with E-state index in [-0.39, 0.29) is 6.04 Å². The first kappa shape index (κ1) is 7.12. The Labute approximate surface area is 67.4 Å². The van der Waals surface area contributed by atoms with Crippen LogP contribution in [0.1, 0.15) is 25.7 Å². The van der Waals surface area contributed by atoms with E-state index in [4.69, 9.17) is 11.0 Å². The van der Waals surface area contributed by atoms with E-state index in [1.807, 2.05) is 0 Å². The van der Waals surface area contributed by atoms with Crippen LogP contribution >= 0.6 is 0 Å². The van der Waals surface area contributed by atoms with Gasteiger partial charge in [0.25, 0.3) is 0 Å².